The number of anilines is 1. The van der Waals surface area contributed by atoms with Gasteiger partial charge in [-0.05, 0) is 61.7 Å². The van der Waals surface area contributed by atoms with E-state index in [0.29, 0.717) is 24.5 Å². The van der Waals surface area contributed by atoms with Gasteiger partial charge in [0.1, 0.15) is 5.75 Å². The first-order chi connectivity index (χ1) is 15.6. The fourth-order valence-electron chi connectivity index (χ4n) is 3.80. The number of rotatable bonds is 9. The quantitative estimate of drug-likeness (QED) is 0.413. The van der Waals surface area contributed by atoms with Crippen LogP contribution in [0.25, 0.3) is 0 Å². The largest absolute Gasteiger partial charge is 0.495 e. The summed E-state index contributed by atoms with van der Waals surface area (Å²) < 4.78 is 5.32. The highest BCUT2D eigenvalue weighted by atomic mass is 16.5. The molecule has 1 heterocycles. The summed E-state index contributed by atoms with van der Waals surface area (Å²) >= 11 is 0. The molecule has 1 amide bonds. The zero-order valence-electron chi connectivity index (χ0n) is 19.4. The molecular weight excluding hydrogens is 402 g/mol. The van der Waals surface area contributed by atoms with E-state index in [1.54, 1.807) is 7.11 Å². The Balaban J connectivity index is 1.58. The Morgan fingerprint density at radius 2 is 1.72 bits per heavy atom. The third-order valence-corrected chi connectivity index (χ3v) is 5.43. The Bertz CT molecular complexity index is 905. The average Bonchev–Trinajstić information content (AvgIpc) is 3.29. The number of carbonyl (C=O) groups is 1. The van der Waals surface area contributed by atoms with Crippen LogP contribution in [-0.2, 0) is 24.4 Å². The second kappa shape index (κ2) is 12.1. The van der Waals surface area contributed by atoms with Crippen molar-refractivity contribution >= 4 is 17.6 Å². The summed E-state index contributed by atoms with van der Waals surface area (Å²) in [6.07, 6.45) is 2.64. The van der Waals surface area contributed by atoms with E-state index >= 15 is 0 Å². The number of carbonyl (C=O) groups excluding carboxylic acids is 1. The molecule has 1 fully saturated rings. The van der Waals surface area contributed by atoms with Crippen LogP contribution in [0.2, 0.25) is 0 Å². The molecule has 0 atom stereocenters. The fraction of sp³-hybridized carbons (Fsp3) is 0.440. The van der Waals surface area contributed by atoms with Gasteiger partial charge in [-0.25, -0.2) is 4.99 Å². The molecule has 0 aromatic heterocycles. The molecule has 32 heavy (non-hydrogen) atoms. The highest BCUT2D eigenvalue weighted by molar-refractivity contribution is 5.90. The number of benzene rings is 2. The second-order valence-electron chi connectivity index (χ2n) is 8.06. The number of ether oxygens (including phenoxy) is 1. The highest BCUT2D eigenvalue weighted by Crippen LogP contribution is 2.25. The van der Waals surface area contributed by atoms with Crippen molar-refractivity contribution in [3.8, 4) is 5.75 Å². The van der Waals surface area contributed by atoms with Gasteiger partial charge < -0.3 is 20.7 Å². The van der Waals surface area contributed by atoms with Gasteiger partial charge in [0.2, 0.25) is 5.91 Å². The average molecular weight is 438 g/mol. The van der Waals surface area contributed by atoms with Gasteiger partial charge in [0.25, 0.3) is 0 Å². The smallest absolute Gasteiger partial charge is 0.221 e. The number of likely N-dealkylation sites (tertiary alicyclic amines) is 1. The lowest BCUT2D eigenvalue weighted by Gasteiger charge is -2.15. The lowest BCUT2D eigenvalue weighted by atomic mass is 10.1. The van der Waals surface area contributed by atoms with Crippen molar-refractivity contribution in [1.82, 2.24) is 15.5 Å². The summed E-state index contributed by atoms with van der Waals surface area (Å²) in [5.41, 5.74) is 4.22. The number of guanidine groups is 1. The van der Waals surface area contributed by atoms with Crippen molar-refractivity contribution in [2.24, 2.45) is 4.99 Å². The summed E-state index contributed by atoms with van der Waals surface area (Å²) in [6.45, 7) is 8.97. The minimum Gasteiger partial charge on any atom is -0.495 e. The van der Waals surface area contributed by atoms with Gasteiger partial charge in [0, 0.05) is 26.6 Å². The van der Waals surface area contributed by atoms with E-state index < -0.39 is 0 Å². The van der Waals surface area contributed by atoms with Crippen LogP contribution in [-0.4, -0.2) is 43.5 Å². The normalized spacial score (nSPS) is 14.3. The number of hydrogen-bond acceptors (Lipinski definition) is 4. The summed E-state index contributed by atoms with van der Waals surface area (Å²) in [7, 11) is 1.59. The molecule has 0 unspecified atom stereocenters. The van der Waals surface area contributed by atoms with Crippen LogP contribution in [0, 0.1) is 0 Å². The zero-order valence-corrected chi connectivity index (χ0v) is 19.4. The topological polar surface area (TPSA) is 78.0 Å². The molecule has 0 spiro atoms. The van der Waals surface area contributed by atoms with Gasteiger partial charge in [-0.1, -0.05) is 30.3 Å². The van der Waals surface area contributed by atoms with Crippen molar-refractivity contribution in [1.29, 1.82) is 0 Å². The number of hydrogen-bond donors (Lipinski definition) is 3. The van der Waals surface area contributed by atoms with Crippen molar-refractivity contribution < 1.29 is 9.53 Å². The van der Waals surface area contributed by atoms with Crippen LogP contribution in [0.5, 0.6) is 5.75 Å². The molecule has 1 aliphatic rings. The number of aliphatic imine (C=N–C) groups is 1. The fourth-order valence-corrected chi connectivity index (χ4v) is 3.80. The summed E-state index contributed by atoms with van der Waals surface area (Å²) in [5, 5.41) is 9.50. The van der Waals surface area contributed by atoms with Gasteiger partial charge in [0.05, 0.1) is 19.3 Å². The predicted molar refractivity (Wildman–Crippen MR) is 130 cm³/mol. The van der Waals surface area contributed by atoms with Gasteiger partial charge in [-0.15, -0.1) is 0 Å². The molecule has 3 N–H and O–H groups in total. The lowest BCUT2D eigenvalue weighted by Crippen LogP contribution is -2.36. The van der Waals surface area contributed by atoms with Crippen LogP contribution >= 0.6 is 0 Å². The van der Waals surface area contributed by atoms with E-state index in [-0.39, 0.29) is 5.91 Å². The minimum atomic E-state index is -0.134. The SMILES string of the molecule is CCNC(=NCc1ccc(OC)c(NC(C)=O)c1)NCc1ccc(CN2CCCC2)cc1. The molecule has 1 aliphatic heterocycles. The first-order valence-electron chi connectivity index (χ1n) is 11.3. The second-order valence-corrected chi connectivity index (χ2v) is 8.06. The Morgan fingerprint density at radius 3 is 2.38 bits per heavy atom. The molecule has 7 heteroatoms. The molecule has 2 aromatic carbocycles. The van der Waals surface area contributed by atoms with Crippen LogP contribution in [0.4, 0.5) is 5.69 Å². The zero-order chi connectivity index (χ0) is 22.8. The molecule has 0 saturated carbocycles. The van der Waals surface area contributed by atoms with E-state index in [4.69, 9.17) is 9.73 Å². The van der Waals surface area contributed by atoms with E-state index in [1.807, 2.05) is 25.1 Å². The Morgan fingerprint density at radius 1 is 1.03 bits per heavy atom. The van der Waals surface area contributed by atoms with E-state index in [9.17, 15) is 4.79 Å². The highest BCUT2D eigenvalue weighted by Gasteiger charge is 2.11. The van der Waals surface area contributed by atoms with Crippen molar-refractivity contribution in [2.75, 3.05) is 32.1 Å². The third kappa shape index (κ3) is 7.27. The van der Waals surface area contributed by atoms with Crippen molar-refractivity contribution in [2.45, 2.75) is 46.3 Å². The standard InChI is InChI=1S/C25H35N5O2/c1-4-26-25(28-17-22-11-12-24(32-3)23(15-22)29-19(2)31)27-16-20-7-9-21(10-8-20)18-30-13-5-6-14-30/h7-12,15H,4-6,13-14,16-18H2,1-3H3,(H,29,31)(H2,26,27,28). The Hall–Kier alpha value is -3.06. The van der Waals surface area contributed by atoms with Crippen molar-refractivity contribution in [3.05, 3.63) is 59.2 Å². The van der Waals surface area contributed by atoms with E-state index in [0.717, 1.165) is 24.6 Å². The third-order valence-electron chi connectivity index (χ3n) is 5.43. The van der Waals surface area contributed by atoms with Crippen LogP contribution < -0.4 is 20.7 Å². The maximum atomic E-state index is 11.5. The van der Waals surface area contributed by atoms with Gasteiger partial charge in [-0.2, -0.15) is 0 Å². The molecule has 2 aromatic rings. The Labute approximate surface area is 191 Å². The molecule has 3 rings (SSSR count). The number of methoxy groups -OCH3 is 1. The first-order valence-corrected chi connectivity index (χ1v) is 11.3. The molecule has 0 aliphatic carbocycles. The summed E-state index contributed by atoms with van der Waals surface area (Å²) in [4.78, 5) is 18.7. The minimum absolute atomic E-state index is 0.134. The summed E-state index contributed by atoms with van der Waals surface area (Å²) in [6, 6.07) is 14.5. The molecule has 0 radical (unpaired) electrons. The van der Waals surface area contributed by atoms with E-state index in [1.165, 1.54) is 44.0 Å². The monoisotopic (exact) mass is 437 g/mol. The van der Waals surface area contributed by atoms with Gasteiger partial charge in [-0.3, -0.25) is 9.69 Å². The van der Waals surface area contributed by atoms with Gasteiger partial charge in [0.15, 0.2) is 5.96 Å². The maximum absolute atomic E-state index is 11.5. The molecule has 172 valence electrons. The van der Waals surface area contributed by atoms with Crippen LogP contribution in [0.15, 0.2) is 47.5 Å². The number of nitrogens with zero attached hydrogens (tertiary/aromatic N) is 2. The summed E-state index contributed by atoms with van der Waals surface area (Å²) in [5.74, 6) is 1.25. The van der Waals surface area contributed by atoms with Crippen molar-refractivity contribution in [3.63, 3.8) is 0 Å². The Kier molecular flexibility index (Phi) is 8.92. The van der Waals surface area contributed by atoms with Gasteiger partial charge >= 0.3 is 0 Å². The lowest BCUT2D eigenvalue weighted by molar-refractivity contribution is -0.114. The maximum Gasteiger partial charge on any atom is 0.221 e. The number of nitrogens with one attached hydrogen (secondary N) is 3. The molecule has 0 bridgehead atoms. The van der Waals surface area contributed by atoms with E-state index in [2.05, 4.69) is 45.1 Å². The van der Waals surface area contributed by atoms with Crippen LogP contribution in [0.3, 0.4) is 0 Å². The molecule has 1 saturated heterocycles. The molecule has 7 nitrogen and oxygen atoms in total. The first kappa shape index (κ1) is 23.6. The predicted octanol–water partition coefficient (Wildman–Crippen LogP) is 3.50. The van der Waals surface area contributed by atoms with Crippen LogP contribution in [0.1, 0.15) is 43.4 Å². The number of amides is 1. The molecular formula is C25H35N5O2.